The van der Waals surface area contributed by atoms with Crippen LogP contribution < -0.4 is 0 Å². The second kappa shape index (κ2) is 4.18. The fourth-order valence-corrected chi connectivity index (χ4v) is 3.36. The molecule has 1 aromatic carbocycles. The summed E-state index contributed by atoms with van der Waals surface area (Å²) >= 11 is 0. The molecule has 1 fully saturated rings. The summed E-state index contributed by atoms with van der Waals surface area (Å²) in [5.74, 6) is 0.102. The smallest absolute Gasteiger partial charge is 0.0956 e. The van der Waals surface area contributed by atoms with Crippen LogP contribution >= 0.6 is 0 Å². The molecule has 2 aliphatic heterocycles. The van der Waals surface area contributed by atoms with Gasteiger partial charge >= 0.3 is 0 Å². The van der Waals surface area contributed by atoms with E-state index in [1.54, 1.807) is 0 Å². The molecule has 3 heterocycles. The molecule has 1 N–H and O–H groups in total. The van der Waals surface area contributed by atoms with E-state index in [2.05, 4.69) is 27.8 Å². The zero-order chi connectivity index (χ0) is 12.8. The number of fused-ring (bicyclic) bond motifs is 3. The monoisotopic (exact) mass is 256 g/mol. The number of hydrogen-bond acceptors (Lipinski definition) is 3. The van der Waals surface area contributed by atoms with E-state index in [9.17, 15) is 5.11 Å². The number of nitrogens with zero attached hydrogens (tertiary/aromatic N) is 2. The summed E-state index contributed by atoms with van der Waals surface area (Å²) < 4.78 is 7.75. The first-order chi connectivity index (χ1) is 9.36. The molecular formula is C15H16N2O2. The lowest BCUT2D eigenvalue weighted by atomic mass is 9.86. The predicted octanol–water partition coefficient (Wildman–Crippen LogP) is 1.85. The van der Waals surface area contributed by atoms with Crippen molar-refractivity contribution in [1.82, 2.24) is 9.55 Å². The molecule has 0 spiro atoms. The zero-order valence-electron chi connectivity index (χ0n) is 10.6. The van der Waals surface area contributed by atoms with Crippen molar-refractivity contribution in [3.05, 3.63) is 42.4 Å². The maximum absolute atomic E-state index is 10.3. The maximum Gasteiger partial charge on any atom is 0.0956 e. The lowest BCUT2D eigenvalue weighted by Crippen LogP contribution is -2.37. The standard InChI is InChI=1S/C15H16N2O2/c18-14-5-6-19-8-12(14)15-11-4-2-1-3-10(11)13-7-16-9-17(13)15/h1-4,7,9,12,14-15,18H,5-6,8H2/t12-,14-,15+/m0/s1. The molecule has 0 amide bonds. The molecule has 1 aromatic heterocycles. The molecule has 3 atom stereocenters. The highest BCUT2D eigenvalue weighted by Gasteiger charge is 2.39. The van der Waals surface area contributed by atoms with E-state index in [0.717, 1.165) is 5.69 Å². The minimum Gasteiger partial charge on any atom is -0.393 e. The average molecular weight is 256 g/mol. The number of aliphatic hydroxyl groups excluding tert-OH is 1. The Hall–Kier alpha value is -1.65. The second-order valence-corrected chi connectivity index (χ2v) is 5.31. The van der Waals surface area contributed by atoms with Crippen molar-refractivity contribution in [1.29, 1.82) is 0 Å². The van der Waals surface area contributed by atoms with E-state index < -0.39 is 0 Å². The molecule has 19 heavy (non-hydrogen) atoms. The van der Waals surface area contributed by atoms with Crippen molar-refractivity contribution in [2.75, 3.05) is 13.2 Å². The second-order valence-electron chi connectivity index (χ2n) is 5.31. The highest BCUT2D eigenvalue weighted by Crippen LogP contribution is 2.44. The van der Waals surface area contributed by atoms with Gasteiger partial charge in [-0.25, -0.2) is 4.98 Å². The van der Waals surface area contributed by atoms with Gasteiger partial charge in [0.2, 0.25) is 0 Å². The molecule has 4 heteroatoms. The molecular weight excluding hydrogens is 240 g/mol. The van der Waals surface area contributed by atoms with Gasteiger partial charge in [0.05, 0.1) is 37.0 Å². The molecule has 2 aliphatic rings. The van der Waals surface area contributed by atoms with Crippen LogP contribution in [0.1, 0.15) is 18.0 Å². The largest absolute Gasteiger partial charge is 0.393 e. The van der Waals surface area contributed by atoms with Crippen LogP contribution in [0, 0.1) is 5.92 Å². The van der Waals surface area contributed by atoms with Gasteiger partial charge in [0, 0.05) is 18.1 Å². The molecule has 2 aromatic rings. The van der Waals surface area contributed by atoms with Gasteiger partial charge in [-0.2, -0.15) is 0 Å². The highest BCUT2D eigenvalue weighted by molar-refractivity contribution is 5.69. The van der Waals surface area contributed by atoms with Crippen LogP contribution in [0.2, 0.25) is 0 Å². The van der Waals surface area contributed by atoms with Gasteiger partial charge in [0.1, 0.15) is 0 Å². The zero-order valence-corrected chi connectivity index (χ0v) is 10.6. The number of ether oxygens (including phenoxy) is 1. The quantitative estimate of drug-likeness (QED) is 0.847. The van der Waals surface area contributed by atoms with Gasteiger partial charge in [-0.05, 0) is 12.0 Å². The summed E-state index contributed by atoms with van der Waals surface area (Å²) in [5, 5.41) is 10.3. The van der Waals surface area contributed by atoms with Gasteiger partial charge in [-0.1, -0.05) is 24.3 Å². The Kier molecular flexibility index (Phi) is 2.47. The predicted molar refractivity (Wildman–Crippen MR) is 70.7 cm³/mol. The number of aliphatic hydroxyl groups is 1. The molecule has 0 bridgehead atoms. The fourth-order valence-electron chi connectivity index (χ4n) is 3.36. The van der Waals surface area contributed by atoms with Crippen LogP contribution in [0.25, 0.3) is 11.3 Å². The Balaban J connectivity index is 1.84. The fraction of sp³-hybridized carbons (Fsp3) is 0.400. The Morgan fingerprint density at radius 1 is 1.32 bits per heavy atom. The number of rotatable bonds is 1. The summed E-state index contributed by atoms with van der Waals surface area (Å²) in [4.78, 5) is 4.25. The van der Waals surface area contributed by atoms with Crippen molar-refractivity contribution in [2.24, 2.45) is 5.92 Å². The Bertz CT molecular complexity index is 608. The third kappa shape index (κ3) is 1.57. The third-order valence-corrected chi connectivity index (χ3v) is 4.29. The van der Waals surface area contributed by atoms with Crippen LogP contribution in [-0.2, 0) is 4.74 Å². The lowest BCUT2D eigenvalue weighted by Gasteiger charge is -2.33. The summed E-state index contributed by atoms with van der Waals surface area (Å²) in [6, 6.07) is 8.52. The van der Waals surface area contributed by atoms with Crippen LogP contribution in [0.5, 0.6) is 0 Å². The summed E-state index contributed by atoms with van der Waals surface area (Å²) in [6.07, 6.45) is 4.17. The molecule has 0 saturated carbocycles. The Labute approximate surface area is 111 Å². The van der Waals surface area contributed by atoms with Crippen molar-refractivity contribution in [3.63, 3.8) is 0 Å². The Morgan fingerprint density at radius 3 is 3.11 bits per heavy atom. The van der Waals surface area contributed by atoms with Gasteiger partial charge in [0.25, 0.3) is 0 Å². The first-order valence-corrected chi connectivity index (χ1v) is 6.73. The Morgan fingerprint density at radius 2 is 2.21 bits per heavy atom. The first kappa shape index (κ1) is 11.2. The van der Waals surface area contributed by atoms with Gasteiger partial charge < -0.3 is 14.4 Å². The SMILES string of the molecule is O[C@H]1CCOC[C@@H]1[C@H]1c2ccccc2-c2cncn21. The molecule has 98 valence electrons. The minimum atomic E-state index is -0.305. The molecule has 1 saturated heterocycles. The third-order valence-electron chi connectivity index (χ3n) is 4.29. The van der Waals surface area contributed by atoms with Crippen LogP contribution in [-0.4, -0.2) is 34.0 Å². The number of hydrogen-bond donors (Lipinski definition) is 1. The van der Waals surface area contributed by atoms with Crippen molar-refractivity contribution < 1.29 is 9.84 Å². The highest BCUT2D eigenvalue weighted by atomic mass is 16.5. The molecule has 4 rings (SSSR count). The van der Waals surface area contributed by atoms with Gasteiger partial charge in [0.15, 0.2) is 0 Å². The molecule has 0 unspecified atom stereocenters. The van der Waals surface area contributed by atoms with Gasteiger partial charge in [-0.15, -0.1) is 0 Å². The maximum atomic E-state index is 10.3. The van der Waals surface area contributed by atoms with Crippen LogP contribution in [0.15, 0.2) is 36.8 Å². The van der Waals surface area contributed by atoms with E-state index in [1.807, 2.05) is 18.6 Å². The van der Waals surface area contributed by atoms with Crippen molar-refractivity contribution in [3.8, 4) is 11.3 Å². The van der Waals surface area contributed by atoms with E-state index in [1.165, 1.54) is 11.1 Å². The number of benzene rings is 1. The number of aromatic nitrogens is 2. The normalized spacial score (nSPS) is 29.0. The van der Waals surface area contributed by atoms with Crippen LogP contribution in [0.4, 0.5) is 0 Å². The molecule has 0 aliphatic carbocycles. The summed E-state index contributed by atoms with van der Waals surface area (Å²) in [5.41, 5.74) is 3.63. The van der Waals surface area contributed by atoms with Crippen LogP contribution in [0.3, 0.4) is 0 Å². The summed E-state index contributed by atoms with van der Waals surface area (Å²) in [7, 11) is 0. The van der Waals surface area contributed by atoms with Crippen molar-refractivity contribution >= 4 is 0 Å². The van der Waals surface area contributed by atoms with E-state index >= 15 is 0 Å². The topological polar surface area (TPSA) is 47.3 Å². The van der Waals surface area contributed by atoms with Gasteiger partial charge in [-0.3, -0.25) is 0 Å². The minimum absolute atomic E-state index is 0.102. The lowest BCUT2D eigenvalue weighted by molar-refractivity contribution is -0.0481. The van der Waals surface area contributed by atoms with E-state index in [-0.39, 0.29) is 18.1 Å². The summed E-state index contributed by atoms with van der Waals surface area (Å²) in [6.45, 7) is 1.26. The van der Waals surface area contributed by atoms with E-state index in [4.69, 9.17) is 4.74 Å². The molecule has 0 radical (unpaired) electrons. The number of imidazole rings is 1. The molecule has 4 nitrogen and oxygen atoms in total. The average Bonchev–Trinajstić information content (AvgIpc) is 3.00. The van der Waals surface area contributed by atoms with Crippen molar-refractivity contribution in [2.45, 2.75) is 18.6 Å². The van der Waals surface area contributed by atoms with E-state index in [0.29, 0.717) is 19.6 Å². The first-order valence-electron chi connectivity index (χ1n) is 6.73.